The predicted molar refractivity (Wildman–Crippen MR) is 95.4 cm³/mol. The summed E-state index contributed by atoms with van der Waals surface area (Å²) in [5.41, 5.74) is -0.607. The van der Waals surface area contributed by atoms with E-state index in [-0.39, 0.29) is 23.2 Å². The maximum Gasteiger partial charge on any atom is 0.321 e. The molecule has 2 aromatic rings. The smallest absolute Gasteiger partial charge is 0.321 e. The Morgan fingerprint density at radius 1 is 1.30 bits per heavy atom. The molecule has 2 fully saturated rings. The van der Waals surface area contributed by atoms with Gasteiger partial charge in [-0.25, -0.2) is 9.37 Å². The number of rotatable bonds is 4. The van der Waals surface area contributed by atoms with Gasteiger partial charge in [0.1, 0.15) is 17.1 Å². The molecule has 1 unspecified atom stereocenters. The van der Waals surface area contributed by atoms with Crippen molar-refractivity contribution in [3.63, 3.8) is 0 Å². The highest BCUT2D eigenvalue weighted by atomic mass is 19.1. The van der Waals surface area contributed by atoms with E-state index in [0.717, 1.165) is 0 Å². The van der Waals surface area contributed by atoms with Gasteiger partial charge in [0.15, 0.2) is 0 Å². The lowest BCUT2D eigenvalue weighted by molar-refractivity contribution is -0.168. The van der Waals surface area contributed by atoms with E-state index in [1.54, 1.807) is 34.0 Å². The first-order valence-electron chi connectivity index (χ1n) is 8.99. The van der Waals surface area contributed by atoms with Crippen molar-refractivity contribution in [3.8, 4) is 5.69 Å². The van der Waals surface area contributed by atoms with Crippen LogP contribution in [0.5, 0.6) is 0 Å². The molecule has 2 heterocycles. The molecule has 1 atom stereocenters. The number of amides is 1. The molecule has 6 nitrogen and oxygen atoms in total. The summed E-state index contributed by atoms with van der Waals surface area (Å²) < 4.78 is 20.3. The van der Waals surface area contributed by atoms with Crippen molar-refractivity contribution in [3.05, 3.63) is 48.3 Å². The van der Waals surface area contributed by atoms with Gasteiger partial charge in [0.05, 0.1) is 13.2 Å². The summed E-state index contributed by atoms with van der Waals surface area (Å²) in [4.78, 5) is 31.4. The number of benzene rings is 1. The molecule has 4 rings (SSSR count). The van der Waals surface area contributed by atoms with Gasteiger partial charge in [0.2, 0.25) is 5.91 Å². The topological polar surface area (TPSA) is 64.4 Å². The Labute approximate surface area is 156 Å². The van der Waals surface area contributed by atoms with Crippen molar-refractivity contribution in [2.24, 2.45) is 10.8 Å². The first kappa shape index (κ1) is 17.7. The van der Waals surface area contributed by atoms with Crippen LogP contribution in [-0.2, 0) is 14.3 Å². The van der Waals surface area contributed by atoms with Gasteiger partial charge in [0.25, 0.3) is 0 Å². The molecular weight excluding hydrogens is 349 g/mol. The van der Waals surface area contributed by atoms with Gasteiger partial charge in [-0.2, -0.15) is 0 Å². The lowest BCUT2D eigenvalue weighted by atomic mass is 9.73. The summed E-state index contributed by atoms with van der Waals surface area (Å²) in [7, 11) is 1.31. The van der Waals surface area contributed by atoms with Crippen molar-refractivity contribution < 1.29 is 18.7 Å². The molecule has 1 amide bonds. The number of hydrogen-bond acceptors (Lipinski definition) is 4. The number of ether oxygens (including phenoxy) is 1. The fourth-order valence-electron chi connectivity index (χ4n) is 4.07. The highest BCUT2D eigenvalue weighted by Crippen LogP contribution is 2.55. The zero-order chi connectivity index (χ0) is 19.4. The van der Waals surface area contributed by atoms with Crippen LogP contribution in [0.2, 0.25) is 0 Å². The summed E-state index contributed by atoms with van der Waals surface area (Å²) in [5.74, 6) is -0.349. The van der Waals surface area contributed by atoms with Crippen LogP contribution < -0.4 is 0 Å². The minimum atomic E-state index is -1.04. The fourth-order valence-corrected chi connectivity index (χ4v) is 4.07. The second kappa shape index (κ2) is 5.90. The second-order valence-electron chi connectivity index (χ2n) is 8.03. The third-order valence-electron chi connectivity index (χ3n) is 5.63. The van der Waals surface area contributed by atoms with Gasteiger partial charge in [0, 0.05) is 30.0 Å². The van der Waals surface area contributed by atoms with Gasteiger partial charge < -0.3 is 14.2 Å². The lowest BCUT2D eigenvalue weighted by Gasteiger charge is -2.54. The minimum Gasteiger partial charge on any atom is -0.468 e. The third-order valence-corrected chi connectivity index (χ3v) is 5.63. The van der Waals surface area contributed by atoms with Crippen LogP contribution in [0, 0.1) is 16.6 Å². The maximum atomic E-state index is 13.7. The number of nitrogens with zero attached hydrogens (tertiary/aromatic N) is 3. The number of carbonyl (C=O) groups is 2. The highest BCUT2D eigenvalue weighted by Gasteiger charge is 2.64. The van der Waals surface area contributed by atoms with E-state index in [4.69, 9.17) is 4.74 Å². The number of hydrogen-bond donors (Lipinski definition) is 0. The molecule has 0 radical (unpaired) electrons. The summed E-state index contributed by atoms with van der Waals surface area (Å²) >= 11 is 0. The van der Waals surface area contributed by atoms with E-state index in [1.807, 2.05) is 0 Å². The zero-order valence-electron chi connectivity index (χ0n) is 15.6. The summed E-state index contributed by atoms with van der Waals surface area (Å²) in [6.07, 6.45) is 4.43. The van der Waals surface area contributed by atoms with Crippen molar-refractivity contribution in [2.45, 2.75) is 32.7 Å². The number of methoxy groups -OCH3 is 1. The van der Waals surface area contributed by atoms with Crippen molar-refractivity contribution in [1.29, 1.82) is 0 Å². The molecule has 0 N–H and O–H groups in total. The molecule has 27 heavy (non-hydrogen) atoms. The van der Waals surface area contributed by atoms with Crippen LogP contribution in [0.3, 0.4) is 0 Å². The number of carbonyl (C=O) groups excluding carboxylic acids is 2. The Morgan fingerprint density at radius 2 is 2.04 bits per heavy atom. The summed E-state index contributed by atoms with van der Waals surface area (Å²) in [6, 6.07) is 5.95. The first-order valence-corrected chi connectivity index (χ1v) is 8.99. The first-order chi connectivity index (χ1) is 12.8. The van der Waals surface area contributed by atoms with Gasteiger partial charge >= 0.3 is 5.97 Å². The average Bonchev–Trinajstić information content (AvgIpc) is 3.32. The molecule has 1 saturated carbocycles. The van der Waals surface area contributed by atoms with E-state index >= 15 is 0 Å². The molecule has 1 saturated heterocycles. The third kappa shape index (κ3) is 2.64. The van der Waals surface area contributed by atoms with E-state index in [1.165, 1.54) is 19.2 Å². The fraction of sp³-hybridized carbons (Fsp3) is 0.450. The monoisotopic (exact) mass is 371 g/mol. The molecule has 2 aliphatic rings. The Kier molecular flexibility index (Phi) is 3.87. The van der Waals surface area contributed by atoms with E-state index in [0.29, 0.717) is 30.9 Å². The molecule has 1 aromatic heterocycles. The van der Waals surface area contributed by atoms with Crippen LogP contribution in [-0.4, -0.2) is 40.0 Å². The van der Waals surface area contributed by atoms with Crippen LogP contribution in [0.15, 0.2) is 36.7 Å². The van der Waals surface area contributed by atoms with Crippen molar-refractivity contribution in [2.75, 3.05) is 13.7 Å². The zero-order valence-corrected chi connectivity index (χ0v) is 15.6. The van der Waals surface area contributed by atoms with Crippen LogP contribution in [0.25, 0.3) is 5.69 Å². The molecule has 0 spiro atoms. The van der Waals surface area contributed by atoms with Gasteiger partial charge in [-0.15, -0.1) is 0 Å². The maximum absolute atomic E-state index is 13.7. The van der Waals surface area contributed by atoms with Crippen LogP contribution in [0.4, 0.5) is 4.39 Å². The average molecular weight is 371 g/mol. The number of likely N-dealkylation sites (tertiary alicyclic amines) is 1. The van der Waals surface area contributed by atoms with Crippen molar-refractivity contribution in [1.82, 2.24) is 14.5 Å². The number of aromatic nitrogens is 2. The molecule has 1 aliphatic heterocycles. The predicted octanol–water partition coefficient (Wildman–Crippen LogP) is 2.87. The number of halogens is 1. The number of esters is 1. The Bertz CT molecular complexity index is 917. The minimum absolute atomic E-state index is 0.201. The highest BCUT2D eigenvalue weighted by molar-refractivity contribution is 6.06. The van der Waals surface area contributed by atoms with Gasteiger partial charge in [-0.3, -0.25) is 9.59 Å². The number of imidazole rings is 1. The summed E-state index contributed by atoms with van der Waals surface area (Å²) in [5, 5.41) is 0. The largest absolute Gasteiger partial charge is 0.468 e. The summed E-state index contributed by atoms with van der Waals surface area (Å²) in [6.45, 7) is 4.65. The van der Waals surface area contributed by atoms with Crippen LogP contribution >= 0.6 is 0 Å². The SMILES string of the molecule is COC(=O)C1(C(=O)N2CC(C)(C)C2c2nccn2-c2cccc(F)c2)CC1. The van der Waals surface area contributed by atoms with E-state index in [2.05, 4.69) is 18.8 Å². The Hall–Kier alpha value is -2.70. The Morgan fingerprint density at radius 3 is 2.63 bits per heavy atom. The van der Waals surface area contributed by atoms with Crippen molar-refractivity contribution >= 4 is 11.9 Å². The van der Waals surface area contributed by atoms with Gasteiger partial charge in [-0.05, 0) is 31.0 Å². The molecular formula is C20H22FN3O3. The Balaban J connectivity index is 1.70. The molecule has 7 heteroatoms. The van der Waals surface area contributed by atoms with Crippen LogP contribution in [0.1, 0.15) is 38.6 Å². The lowest BCUT2D eigenvalue weighted by Crippen LogP contribution is -2.61. The second-order valence-corrected chi connectivity index (χ2v) is 8.03. The molecule has 1 aliphatic carbocycles. The van der Waals surface area contributed by atoms with E-state index in [9.17, 15) is 14.0 Å². The molecule has 0 bridgehead atoms. The molecule has 142 valence electrons. The standard InChI is InChI=1S/C20H22FN3O3/c1-19(2)12-24(17(25)20(7-8-20)18(26)27-3)15(19)16-22-9-10-23(16)14-6-4-5-13(21)11-14/h4-6,9-11,15H,7-8,12H2,1-3H3. The van der Waals surface area contributed by atoms with E-state index < -0.39 is 11.4 Å². The normalized spacial score (nSPS) is 22.1. The quantitative estimate of drug-likeness (QED) is 0.612. The molecule has 1 aromatic carbocycles. The van der Waals surface area contributed by atoms with Gasteiger partial charge in [-0.1, -0.05) is 19.9 Å².